The smallest absolute Gasteiger partial charge is 0.136 e. The summed E-state index contributed by atoms with van der Waals surface area (Å²) in [6.07, 6.45) is 4.41. The molecule has 2 nitrogen and oxygen atoms in total. The van der Waals surface area contributed by atoms with Crippen LogP contribution in [-0.2, 0) is 11.2 Å². The maximum Gasteiger partial charge on any atom is 0.136 e. The van der Waals surface area contributed by atoms with E-state index >= 15 is 0 Å². The molecule has 13 heavy (non-hydrogen) atoms. The number of carbonyl (C=O) groups is 1. The summed E-state index contributed by atoms with van der Waals surface area (Å²) in [4.78, 5) is 15.3. The van der Waals surface area contributed by atoms with Gasteiger partial charge in [-0.15, -0.1) is 11.3 Å². The van der Waals surface area contributed by atoms with Crippen molar-refractivity contribution >= 4 is 17.1 Å². The fourth-order valence-corrected chi connectivity index (χ4v) is 2.46. The van der Waals surface area contributed by atoms with Gasteiger partial charge in [-0.2, -0.15) is 0 Å². The summed E-state index contributed by atoms with van der Waals surface area (Å²) in [5, 5.41) is 3.09. The van der Waals surface area contributed by atoms with Gasteiger partial charge in [-0.1, -0.05) is 6.42 Å². The molecule has 0 aromatic carbocycles. The largest absolute Gasteiger partial charge is 0.300 e. The van der Waals surface area contributed by atoms with Gasteiger partial charge in [-0.3, -0.25) is 4.79 Å². The number of ketones is 1. The Balaban J connectivity index is 2.04. The average Bonchev–Trinajstić information content (AvgIpc) is 2.31. The Morgan fingerprint density at radius 2 is 2.46 bits per heavy atom. The van der Waals surface area contributed by atoms with Gasteiger partial charge < -0.3 is 0 Å². The maximum atomic E-state index is 10.8. The zero-order chi connectivity index (χ0) is 9.26. The average molecular weight is 195 g/mol. The molecule has 1 aromatic rings. The minimum absolute atomic E-state index is 0.203. The summed E-state index contributed by atoms with van der Waals surface area (Å²) < 4.78 is 0. The van der Waals surface area contributed by atoms with E-state index in [2.05, 4.69) is 10.4 Å². The lowest BCUT2D eigenvalue weighted by molar-refractivity contribution is -0.116. The van der Waals surface area contributed by atoms with Crippen LogP contribution < -0.4 is 0 Å². The number of hydrogen-bond donors (Lipinski definition) is 0. The predicted octanol–water partition coefficient (Wildman–Crippen LogP) is 2.54. The Labute approximate surface area is 82.0 Å². The molecule has 1 aromatic heterocycles. The van der Waals surface area contributed by atoms with Crippen LogP contribution >= 0.6 is 11.3 Å². The first-order valence-corrected chi connectivity index (χ1v) is 5.57. The maximum absolute atomic E-state index is 10.8. The summed E-state index contributed by atoms with van der Waals surface area (Å²) >= 11 is 1.62. The lowest BCUT2D eigenvalue weighted by atomic mass is 9.83. The predicted molar refractivity (Wildman–Crippen MR) is 53.1 cm³/mol. The van der Waals surface area contributed by atoms with Crippen molar-refractivity contribution in [1.29, 1.82) is 0 Å². The fraction of sp³-hybridized carbons (Fsp3) is 0.600. The second-order valence-corrected chi connectivity index (χ2v) is 4.62. The van der Waals surface area contributed by atoms with Crippen LogP contribution in [0.4, 0.5) is 0 Å². The Morgan fingerprint density at radius 3 is 3.00 bits per heavy atom. The van der Waals surface area contributed by atoms with Crippen molar-refractivity contribution in [3.63, 3.8) is 0 Å². The Hall–Kier alpha value is -0.700. The quantitative estimate of drug-likeness (QED) is 0.742. The summed E-state index contributed by atoms with van der Waals surface area (Å²) in [6, 6.07) is 0. The van der Waals surface area contributed by atoms with E-state index in [4.69, 9.17) is 0 Å². The van der Waals surface area contributed by atoms with Gasteiger partial charge in [-0.25, -0.2) is 4.98 Å². The molecule has 1 aliphatic rings. The highest BCUT2D eigenvalue weighted by Gasteiger charge is 2.21. The molecule has 0 atom stereocenters. The van der Waals surface area contributed by atoms with Gasteiger partial charge in [0.1, 0.15) is 10.8 Å². The third kappa shape index (κ3) is 1.97. The molecular formula is C10H13NOS. The second-order valence-electron chi connectivity index (χ2n) is 3.67. The SMILES string of the molecule is CC(=O)Cc1nc(C2CCC2)cs1. The van der Waals surface area contributed by atoms with E-state index in [0.717, 1.165) is 5.01 Å². The molecule has 70 valence electrons. The van der Waals surface area contributed by atoms with Crippen molar-refractivity contribution in [1.82, 2.24) is 4.98 Å². The lowest BCUT2D eigenvalue weighted by Crippen LogP contribution is -2.09. The Bertz CT molecular complexity index is 314. The fourth-order valence-electron chi connectivity index (χ4n) is 1.51. The zero-order valence-electron chi connectivity index (χ0n) is 7.75. The molecule has 0 saturated heterocycles. The molecule has 1 saturated carbocycles. The number of Topliss-reactive ketones (excluding diaryl/α,β-unsaturated/α-hetero) is 1. The summed E-state index contributed by atoms with van der Waals surface area (Å²) in [5.41, 5.74) is 1.22. The second kappa shape index (κ2) is 3.58. The van der Waals surface area contributed by atoms with Crippen molar-refractivity contribution in [3.8, 4) is 0 Å². The van der Waals surface area contributed by atoms with Crippen LogP contribution in [0.2, 0.25) is 0 Å². The number of thiazole rings is 1. The monoisotopic (exact) mass is 195 g/mol. The number of carbonyl (C=O) groups excluding carboxylic acids is 1. The highest BCUT2D eigenvalue weighted by molar-refractivity contribution is 7.09. The molecule has 0 spiro atoms. The van der Waals surface area contributed by atoms with E-state index in [0.29, 0.717) is 12.3 Å². The van der Waals surface area contributed by atoms with Crippen LogP contribution in [0.1, 0.15) is 42.8 Å². The zero-order valence-corrected chi connectivity index (χ0v) is 8.56. The molecule has 0 bridgehead atoms. The minimum Gasteiger partial charge on any atom is -0.300 e. The standard InChI is InChI=1S/C10H13NOS/c1-7(12)5-10-11-9(6-13-10)8-3-2-4-8/h6,8H,2-5H2,1H3. The molecule has 1 heterocycles. The van der Waals surface area contributed by atoms with E-state index < -0.39 is 0 Å². The van der Waals surface area contributed by atoms with E-state index in [1.165, 1.54) is 25.0 Å². The first kappa shape index (κ1) is 8.88. The third-order valence-electron chi connectivity index (χ3n) is 2.49. The molecule has 1 aliphatic carbocycles. The van der Waals surface area contributed by atoms with E-state index in [-0.39, 0.29) is 5.78 Å². The van der Waals surface area contributed by atoms with Gasteiger partial charge in [0.25, 0.3) is 0 Å². The highest BCUT2D eigenvalue weighted by Crippen LogP contribution is 2.36. The number of nitrogens with zero attached hydrogens (tertiary/aromatic N) is 1. The first-order valence-electron chi connectivity index (χ1n) is 4.69. The Kier molecular flexibility index (Phi) is 2.44. The molecule has 0 amide bonds. The van der Waals surface area contributed by atoms with Gasteiger partial charge in [0.15, 0.2) is 0 Å². The van der Waals surface area contributed by atoms with Crippen LogP contribution in [0.25, 0.3) is 0 Å². The van der Waals surface area contributed by atoms with E-state index in [9.17, 15) is 4.79 Å². The molecular weight excluding hydrogens is 182 g/mol. The van der Waals surface area contributed by atoms with Crippen molar-refractivity contribution in [3.05, 3.63) is 16.1 Å². The highest BCUT2D eigenvalue weighted by atomic mass is 32.1. The van der Waals surface area contributed by atoms with Crippen molar-refractivity contribution in [2.45, 2.75) is 38.5 Å². The number of hydrogen-bond acceptors (Lipinski definition) is 3. The van der Waals surface area contributed by atoms with Gasteiger partial charge >= 0.3 is 0 Å². The van der Waals surface area contributed by atoms with Crippen LogP contribution in [0.5, 0.6) is 0 Å². The number of rotatable bonds is 3. The summed E-state index contributed by atoms with van der Waals surface area (Å²) in [7, 11) is 0. The Morgan fingerprint density at radius 1 is 1.69 bits per heavy atom. The molecule has 3 heteroatoms. The molecule has 0 aliphatic heterocycles. The molecule has 1 fully saturated rings. The van der Waals surface area contributed by atoms with E-state index in [1.54, 1.807) is 18.3 Å². The summed E-state index contributed by atoms with van der Waals surface area (Å²) in [5.74, 6) is 0.895. The molecule has 0 N–H and O–H groups in total. The van der Waals surface area contributed by atoms with Gasteiger partial charge in [0.05, 0.1) is 12.1 Å². The third-order valence-corrected chi connectivity index (χ3v) is 3.36. The topological polar surface area (TPSA) is 30.0 Å². The van der Waals surface area contributed by atoms with Crippen LogP contribution in [0, 0.1) is 0 Å². The van der Waals surface area contributed by atoms with Crippen molar-refractivity contribution in [2.24, 2.45) is 0 Å². The molecule has 0 unspecified atom stereocenters. The van der Waals surface area contributed by atoms with Crippen molar-refractivity contribution in [2.75, 3.05) is 0 Å². The van der Waals surface area contributed by atoms with Gasteiger partial charge in [0, 0.05) is 11.3 Å². The first-order chi connectivity index (χ1) is 6.25. The summed E-state index contributed by atoms with van der Waals surface area (Å²) in [6.45, 7) is 1.62. The molecule has 0 radical (unpaired) electrons. The lowest BCUT2D eigenvalue weighted by Gasteiger charge is -2.22. The van der Waals surface area contributed by atoms with Gasteiger partial charge in [0.2, 0.25) is 0 Å². The van der Waals surface area contributed by atoms with Crippen molar-refractivity contribution < 1.29 is 4.79 Å². The van der Waals surface area contributed by atoms with Gasteiger partial charge in [-0.05, 0) is 19.8 Å². The van der Waals surface area contributed by atoms with Crippen LogP contribution in [-0.4, -0.2) is 10.8 Å². The normalized spacial score (nSPS) is 17.0. The van der Waals surface area contributed by atoms with E-state index in [1.807, 2.05) is 0 Å². The van der Waals surface area contributed by atoms with Crippen LogP contribution in [0.15, 0.2) is 5.38 Å². The minimum atomic E-state index is 0.203. The molecule has 2 rings (SSSR count). The number of aromatic nitrogens is 1. The van der Waals surface area contributed by atoms with Crippen LogP contribution in [0.3, 0.4) is 0 Å².